The fourth-order valence-corrected chi connectivity index (χ4v) is 13.3. The summed E-state index contributed by atoms with van der Waals surface area (Å²) in [5.41, 5.74) is 0. The summed E-state index contributed by atoms with van der Waals surface area (Å²) in [6.07, 6.45) is 5.00. The predicted octanol–water partition coefficient (Wildman–Crippen LogP) is 6.91. The predicted molar refractivity (Wildman–Crippen MR) is 186 cm³/mol. The van der Waals surface area contributed by atoms with Gasteiger partial charge in [0.25, 0.3) is 0 Å². The van der Waals surface area contributed by atoms with Crippen molar-refractivity contribution < 1.29 is 36.0 Å². The number of rotatable bonds is 11. The molecule has 0 saturated heterocycles. The van der Waals surface area contributed by atoms with Crippen molar-refractivity contribution in [1.82, 2.24) is 0 Å². The minimum atomic E-state index is -0.366. The molecular formula is C38H33CrO4P3. The average Bonchev–Trinajstić information content (AvgIpc) is 3.16. The molecule has 0 aliphatic rings. The second-order valence-electron chi connectivity index (χ2n) is 8.97. The van der Waals surface area contributed by atoms with Crippen molar-refractivity contribution in [2.75, 3.05) is 24.6 Å². The normalized spacial score (nSPS) is 9.28. The molecule has 0 radical (unpaired) electrons. The zero-order valence-corrected chi connectivity index (χ0v) is 29.1. The molecule has 0 heterocycles. The molecule has 5 rings (SSSR count). The molecule has 0 fully saturated rings. The molecule has 0 atom stereocenters. The summed E-state index contributed by atoms with van der Waals surface area (Å²) in [5.74, 6) is 0. The number of hydrogen-bond donors (Lipinski definition) is 0. The van der Waals surface area contributed by atoms with E-state index in [0.29, 0.717) is 0 Å². The first kappa shape index (κ1) is 42.9. The van der Waals surface area contributed by atoms with E-state index in [2.05, 4.69) is 178 Å². The Morgan fingerprint density at radius 1 is 0.304 bits per heavy atom. The molecule has 8 heteroatoms. The van der Waals surface area contributed by atoms with Crippen LogP contribution in [0.15, 0.2) is 152 Å². The van der Waals surface area contributed by atoms with E-state index in [9.17, 15) is 0 Å². The molecule has 0 unspecified atom stereocenters. The zero-order chi connectivity index (χ0) is 33.1. The molecule has 230 valence electrons. The van der Waals surface area contributed by atoms with Crippen LogP contribution >= 0.6 is 23.8 Å². The third kappa shape index (κ3) is 14.5. The van der Waals surface area contributed by atoms with Crippen molar-refractivity contribution in [3.63, 3.8) is 0 Å². The van der Waals surface area contributed by atoms with E-state index in [1.54, 1.807) is 5.30 Å². The zero-order valence-electron chi connectivity index (χ0n) is 25.1. The summed E-state index contributed by atoms with van der Waals surface area (Å²) < 4.78 is 30.0. The van der Waals surface area contributed by atoms with Gasteiger partial charge in [-0.2, -0.15) is 0 Å². The Hall–Kier alpha value is -3.12. The van der Waals surface area contributed by atoms with Crippen molar-refractivity contribution in [2.24, 2.45) is 0 Å². The maximum Gasteiger partial charge on any atom is 0 e. The SMILES string of the molecule is [C-]#[O+].[C-]#[O+].[C-]#[O+].[C-]#[O+].[Cr].c1ccc(P(CCP(c2ccccc2)c2ccccc2)CCP(c2ccccc2)c2ccccc2)cc1. The van der Waals surface area contributed by atoms with E-state index in [0.717, 1.165) is 0 Å². The fraction of sp³-hybridized carbons (Fsp3) is 0.105. The monoisotopic (exact) mass is 698 g/mol. The second kappa shape index (κ2) is 28.1. The van der Waals surface area contributed by atoms with E-state index in [-0.39, 0.29) is 41.1 Å². The van der Waals surface area contributed by atoms with Gasteiger partial charge in [0.15, 0.2) is 0 Å². The minimum absolute atomic E-state index is 0. The van der Waals surface area contributed by atoms with Crippen LogP contribution in [0.25, 0.3) is 0 Å². The largest absolute Gasteiger partial charge is 0.0746 e. The second-order valence-corrected chi connectivity index (χ2v) is 16.1. The van der Waals surface area contributed by atoms with Gasteiger partial charge < -0.3 is 0 Å². The van der Waals surface area contributed by atoms with Crippen LogP contribution in [0, 0.1) is 26.6 Å². The van der Waals surface area contributed by atoms with Crippen molar-refractivity contribution in [2.45, 2.75) is 0 Å². The summed E-state index contributed by atoms with van der Waals surface area (Å²) in [5, 5.41) is 7.50. The van der Waals surface area contributed by atoms with E-state index < -0.39 is 0 Å². The fourth-order valence-electron chi connectivity index (χ4n) is 4.70. The van der Waals surface area contributed by atoms with Crippen LogP contribution in [0.2, 0.25) is 0 Å². The Kier molecular flexibility index (Phi) is 26.2. The van der Waals surface area contributed by atoms with Gasteiger partial charge in [-0.3, -0.25) is 0 Å². The molecule has 0 aliphatic carbocycles. The third-order valence-corrected chi connectivity index (χ3v) is 14.9. The summed E-state index contributed by atoms with van der Waals surface area (Å²) in [6, 6.07) is 56.0. The van der Waals surface area contributed by atoms with Gasteiger partial charge in [0.2, 0.25) is 0 Å². The maximum atomic E-state index is 7.50. The van der Waals surface area contributed by atoms with Crippen LogP contribution in [-0.2, 0) is 36.0 Å². The molecule has 0 aliphatic heterocycles. The van der Waals surface area contributed by atoms with Crippen molar-refractivity contribution >= 4 is 50.3 Å². The standard InChI is InChI=1S/C34H33P3.4CO.Cr/c1-6-16-30(17-7-1)35(26-28-36(31-18-8-2-9-19-31)32-20-10-3-11-21-32)27-29-37(33-22-12-4-13-23-33)34-24-14-5-15-25-34;4*1-2;/h1-25H,26-29H2;;;;;. The number of benzene rings is 5. The van der Waals surface area contributed by atoms with Crippen molar-refractivity contribution in [1.29, 1.82) is 0 Å². The van der Waals surface area contributed by atoms with Gasteiger partial charge in [0, 0.05) is 17.4 Å². The van der Waals surface area contributed by atoms with Crippen molar-refractivity contribution in [3.8, 4) is 0 Å². The molecule has 0 N–H and O–H groups in total. The Bertz CT molecular complexity index is 1330. The van der Waals surface area contributed by atoms with Gasteiger partial charge in [-0.25, -0.2) is 0 Å². The van der Waals surface area contributed by atoms with E-state index in [4.69, 9.17) is 18.6 Å². The average molecular weight is 699 g/mol. The molecule has 5 aromatic rings. The van der Waals surface area contributed by atoms with Gasteiger partial charge in [0.05, 0.1) is 0 Å². The molecule has 46 heavy (non-hydrogen) atoms. The molecule has 0 bridgehead atoms. The van der Waals surface area contributed by atoms with Crippen LogP contribution in [0.4, 0.5) is 0 Å². The molecule has 0 amide bonds. The Morgan fingerprint density at radius 3 is 0.717 bits per heavy atom. The first-order valence-corrected chi connectivity index (χ1v) is 18.5. The molecule has 5 aromatic carbocycles. The molecular weight excluding hydrogens is 665 g/mol. The number of hydrogen-bond acceptors (Lipinski definition) is 0. The molecule has 0 aromatic heterocycles. The van der Waals surface area contributed by atoms with Gasteiger partial charge in [-0.05, 0) is 67.0 Å². The summed E-state index contributed by atoms with van der Waals surface area (Å²) >= 11 is 0. The summed E-state index contributed by atoms with van der Waals surface area (Å²) in [7, 11) is -0.982. The Morgan fingerprint density at radius 2 is 0.500 bits per heavy atom. The van der Waals surface area contributed by atoms with E-state index >= 15 is 0 Å². The van der Waals surface area contributed by atoms with Crippen molar-refractivity contribution in [3.05, 3.63) is 178 Å². The smallest absolute Gasteiger partial charge is 0 e. The summed E-state index contributed by atoms with van der Waals surface area (Å²) in [6.45, 7) is 18.0. The van der Waals surface area contributed by atoms with Crippen LogP contribution < -0.4 is 26.5 Å². The first-order valence-electron chi connectivity index (χ1n) is 13.8. The van der Waals surface area contributed by atoms with Crippen LogP contribution in [0.3, 0.4) is 0 Å². The van der Waals surface area contributed by atoms with E-state index in [1.807, 2.05) is 0 Å². The van der Waals surface area contributed by atoms with Gasteiger partial charge in [-0.1, -0.05) is 160 Å². The van der Waals surface area contributed by atoms with Crippen LogP contribution in [0.5, 0.6) is 0 Å². The van der Waals surface area contributed by atoms with Gasteiger partial charge in [-0.15, -0.1) is 0 Å². The minimum Gasteiger partial charge on any atom is -0.0746 e. The Labute approximate surface area is 287 Å². The topological polar surface area (TPSA) is 79.6 Å². The molecule has 0 saturated carbocycles. The van der Waals surface area contributed by atoms with Gasteiger partial charge >= 0.3 is 45.2 Å². The van der Waals surface area contributed by atoms with Crippen LogP contribution in [-0.4, -0.2) is 24.6 Å². The summed E-state index contributed by atoms with van der Waals surface area (Å²) in [4.78, 5) is 0. The maximum absolute atomic E-state index is 7.50. The Balaban J connectivity index is 0.00000209. The van der Waals surface area contributed by atoms with Gasteiger partial charge in [0.1, 0.15) is 0 Å². The third-order valence-electron chi connectivity index (χ3n) is 6.58. The first-order chi connectivity index (χ1) is 22.4. The molecule has 0 spiro atoms. The molecule has 4 nitrogen and oxygen atoms in total. The quantitative estimate of drug-likeness (QED) is 0.0818. The van der Waals surface area contributed by atoms with E-state index in [1.165, 1.54) is 45.9 Å². The van der Waals surface area contributed by atoms with Crippen LogP contribution in [0.1, 0.15) is 0 Å².